The Balaban J connectivity index is 1.47. The number of piperazine rings is 1. The zero-order chi connectivity index (χ0) is 16.9. The molecule has 0 aliphatic carbocycles. The van der Waals surface area contributed by atoms with Gasteiger partial charge in [-0.1, -0.05) is 0 Å². The molecule has 0 atom stereocenters. The maximum Gasteiger partial charge on any atom is 0.373 e. The van der Waals surface area contributed by atoms with E-state index >= 15 is 0 Å². The molecule has 8 heteroatoms. The number of carbonyl (C=O) groups is 2. The van der Waals surface area contributed by atoms with Crippen LogP contribution in [0, 0.1) is 0 Å². The van der Waals surface area contributed by atoms with Gasteiger partial charge in [-0.25, -0.2) is 9.59 Å². The third kappa shape index (κ3) is 3.88. The van der Waals surface area contributed by atoms with Crippen molar-refractivity contribution < 1.29 is 23.5 Å². The zero-order valence-corrected chi connectivity index (χ0v) is 13.9. The molecule has 2 amide bonds. The molecule has 3 heterocycles. The number of ether oxygens (including phenoxy) is 2. The molecule has 1 aromatic rings. The van der Waals surface area contributed by atoms with Gasteiger partial charge in [-0.15, -0.1) is 0 Å². The van der Waals surface area contributed by atoms with E-state index in [1.54, 1.807) is 12.1 Å². The molecule has 2 aliphatic heterocycles. The monoisotopic (exact) mass is 337 g/mol. The Hall–Kier alpha value is -2.06. The average Bonchev–Trinajstić information content (AvgIpc) is 3.10. The fourth-order valence-corrected chi connectivity index (χ4v) is 2.95. The quantitative estimate of drug-likeness (QED) is 0.754. The van der Waals surface area contributed by atoms with Crippen molar-refractivity contribution in [3.8, 4) is 0 Å². The second-order valence-electron chi connectivity index (χ2n) is 5.90. The van der Waals surface area contributed by atoms with E-state index in [-0.39, 0.29) is 11.8 Å². The zero-order valence-electron chi connectivity index (χ0n) is 13.9. The molecule has 2 fully saturated rings. The highest BCUT2D eigenvalue weighted by atomic mass is 16.5. The average molecular weight is 337 g/mol. The lowest BCUT2D eigenvalue weighted by Gasteiger charge is -2.38. The number of rotatable bonds is 3. The number of furan rings is 1. The van der Waals surface area contributed by atoms with Crippen LogP contribution in [0.15, 0.2) is 16.5 Å². The van der Waals surface area contributed by atoms with E-state index in [1.165, 1.54) is 7.11 Å². The van der Waals surface area contributed by atoms with Gasteiger partial charge in [-0.05, 0) is 12.1 Å². The van der Waals surface area contributed by atoms with Crippen LogP contribution in [-0.4, -0.2) is 86.3 Å². The minimum absolute atomic E-state index is 0.101. The predicted octanol–water partition coefficient (Wildman–Crippen LogP) is 0.636. The Morgan fingerprint density at radius 2 is 1.71 bits per heavy atom. The van der Waals surface area contributed by atoms with Crippen LogP contribution in [0.3, 0.4) is 0 Å². The van der Waals surface area contributed by atoms with E-state index < -0.39 is 5.97 Å². The molecular formula is C16H23N3O5. The van der Waals surface area contributed by atoms with Crippen LogP contribution in [0.25, 0.3) is 0 Å². The van der Waals surface area contributed by atoms with Crippen LogP contribution in [0.2, 0.25) is 0 Å². The lowest BCUT2D eigenvalue weighted by atomic mass is 10.3. The van der Waals surface area contributed by atoms with Crippen molar-refractivity contribution in [2.24, 2.45) is 0 Å². The third-order valence-electron chi connectivity index (χ3n) is 4.35. The first-order valence-corrected chi connectivity index (χ1v) is 8.18. The standard InChI is InChI=1S/C16H23N3O5/c1-22-15(20)14-3-2-13(24-14)12-17-4-6-18(7-5-17)16(21)19-8-10-23-11-9-19/h2-3H,4-12H2,1H3. The van der Waals surface area contributed by atoms with Crippen molar-refractivity contribution in [2.75, 3.05) is 59.6 Å². The summed E-state index contributed by atoms with van der Waals surface area (Å²) in [5.41, 5.74) is 0. The lowest BCUT2D eigenvalue weighted by Crippen LogP contribution is -2.54. The van der Waals surface area contributed by atoms with Crippen molar-refractivity contribution in [3.05, 3.63) is 23.7 Å². The Morgan fingerprint density at radius 3 is 2.38 bits per heavy atom. The molecule has 2 saturated heterocycles. The van der Waals surface area contributed by atoms with Gasteiger partial charge in [0.2, 0.25) is 5.76 Å². The summed E-state index contributed by atoms with van der Waals surface area (Å²) < 4.78 is 15.4. The molecule has 0 N–H and O–H groups in total. The summed E-state index contributed by atoms with van der Waals surface area (Å²) in [5, 5.41) is 0. The number of hydrogen-bond donors (Lipinski definition) is 0. The first-order valence-electron chi connectivity index (χ1n) is 8.18. The molecule has 0 aromatic carbocycles. The fourth-order valence-electron chi connectivity index (χ4n) is 2.95. The maximum atomic E-state index is 12.4. The number of morpholine rings is 1. The summed E-state index contributed by atoms with van der Waals surface area (Å²) in [7, 11) is 1.33. The first-order chi connectivity index (χ1) is 11.7. The third-order valence-corrected chi connectivity index (χ3v) is 4.35. The molecule has 0 bridgehead atoms. The van der Waals surface area contributed by atoms with Crippen LogP contribution >= 0.6 is 0 Å². The summed E-state index contributed by atoms with van der Waals surface area (Å²) in [5.74, 6) is 0.471. The molecule has 0 radical (unpaired) electrons. The van der Waals surface area contributed by atoms with Crippen molar-refractivity contribution >= 4 is 12.0 Å². The van der Waals surface area contributed by atoms with Gasteiger partial charge in [0.1, 0.15) is 5.76 Å². The van der Waals surface area contributed by atoms with E-state index in [0.29, 0.717) is 45.9 Å². The normalized spacial score (nSPS) is 19.4. The highest BCUT2D eigenvalue weighted by Crippen LogP contribution is 2.14. The number of amides is 2. The maximum absolute atomic E-state index is 12.4. The highest BCUT2D eigenvalue weighted by Gasteiger charge is 2.26. The molecule has 3 rings (SSSR count). The van der Waals surface area contributed by atoms with Crippen LogP contribution < -0.4 is 0 Å². The van der Waals surface area contributed by atoms with Crippen LogP contribution in [-0.2, 0) is 16.0 Å². The number of esters is 1. The van der Waals surface area contributed by atoms with E-state index in [4.69, 9.17) is 9.15 Å². The van der Waals surface area contributed by atoms with E-state index in [2.05, 4.69) is 9.64 Å². The molecule has 24 heavy (non-hydrogen) atoms. The van der Waals surface area contributed by atoms with Gasteiger partial charge in [0.15, 0.2) is 0 Å². The van der Waals surface area contributed by atoms with E-state index in [9.17, 15) is 9.59 Å². The van der Waals surface area contributed by atoms with Crippen molar-refractivity contribution in [3.63, 3.8) is 0 Å². The molecule has 132 valence electrons. The van der Waals surface area contributed by atoms with Gasteiger partial charge >= 0.3 is 12.0 Å². The Kier molecular flexibility index (Phi) is 5.37. The van der Waals surface area contributed by atoms with Gasteiger partial charge in [-0.2, -0.15) is 0 Å². The van der Waals surface area contributed by atoms with Gasteiger partial charge in [0.25, 0.3) is 0 Å². The summed E-state index contributed by atoms with van der Waals surface area (Å²) >= 11 is 0. The molecule has 0 saturated carbocycles. The van der Waals surface area contributed by atoms with Gasteiger partial charge < -0.3 is 23.7 Å². The van der Waals surface area contributed by atoms with Crippen LogP contribution in [0.5, 0.6) is 0 Å². The molecule has 1 aromatic heterocycles. The Bertz CT molecular complexity index is 574. The van der Waals surface area contributed by atoms with Gasteiger partial charge in [0, 0.05) is 39.3 Å². The summed E-state index contributed by atoms with van der Waals surface area (Å²) in [6, 6.07) is 3.51. The number of methoxy groups -OCH3 is 1. The minimum Gasteiger partial charge on any atom is -0.463 e. The summed E-state index contributed by atoms with van der Waals surface area (Å²) in [6.07, 6.45) is 0. The molecule has 0 spiro atoms. The lowest BCUT2D eigenvalue weighted by molar-refractivity contribution is 0.0368. The number of nitrogens with zero attached hydrogens (tertiary/aromatic N) is 3. The van der Waals surface area contributed by atoms with Gasteiger partial charge in [-0.3, -0.25) is 4.90 Å². The molecular weight excluding hydrogens is 314 g/mol. The fraction of sp³-hybridized carbons (Fsp3) is 0.625. The number of carbonyl (C=O) groups excluding carboxylic acids is 2. The smallest absolute Gasteiger partial charge is 0.373 e. The van der Waals surface area contributed by atoms with Crippen molar-refractivity contribution in [1.82, 2.24) is 14.7 Å². The second-order valence-corrected chi connectivity index (χ2v) is 5.90. The van der Waals surface area contributed by atoms with Crippen LogP contribution in [0.1, 0.15) is 16.3 Å². The second kappa shape index (κ2) is 7.67. The number of urea groups is 1. The summed E-state index contributed by atoms with van der Waals surface area (Å²) in [6.45, 7) is 6.15. The largest absolute Gasteiger partial charge is 0.463 e. The van der Waals surface area contributed by atoms with E-state index in [0.717, 1.165) is 18.8 Å². The van der Waals surface area contributed by atoms with E-state index in [1.807, 2.05) is 9.80 Å². The van der Waals surface area contributed by atoms with Crippen LogP contribution in [0.4, 0.5) is 4.79 Å². The summed E-state index contributed by atoms with van der Waals surface area (Å²) in [4.78, 5) is 29.8. The Morgan fingerprint density at radius 1 is 1.04 bits per heavy atom. The topological polar surface area (TPSA) is 75.5 Å². The first kappa shape index (κ1) is 16.8. The van der Waals surface area contributed by atoms with Crippen molar-refractivity contribution in [2.45, 2.75) is 6.54 Å². The molecule has 0 unspecified atom stereocenters. The Labute approximate surface area is 140 Å². The highest BCUT2D eigenvalue weighted by molar-refractivity contribution is 5.86. The number of hydrogen-bond acceptors (Lipinski definition) is 6. The van der Waals surface area contributed by atoms with Crippen molar-refractivity contribution in [1.29, 1.82) is 0 Å². The minimum atomic E-state index is -0.470. The van der Waals surface area contributed by atoms with Gasteiger partial charge in [0.05, 0.1) is 26.9 Å². The SMILES string of the molecule is COC(=O)c1ccc(CN2CCN(C(=O)N3CCOCC3)CC2)o1. The molecule has 8 nitrogen and oxygen atoms in total. The molecule has 2 aliphatic rings. The predicted molar refractivity (Wildman–Crippen MR) is 84.7 cm³/mol.